The summed E-state index contributed by atoms with van der Waals surface area (Å²) in [5.41, 5.74) is 3.73. The Kier molecular flexibility index (Phi) is 3.48. The number of carbonyl (C=O) groups excluding carboxylic acids is 1. The maximum Gasteiger partial charge on any atom is 0.278 e. The second kappa shape index (κ2) is 4.62. The van der Waals surface area contributed by atoms with Crippen LogP contribution in [0.5, 0.6) is 5.75 Å². The Bertz CT molecular complexity index is 336. The van der Waals surface area contributed by atoms with E-state index in [1.165, 1.54) is 14.2 Å². The van der Waals surface area contributed by atoms with Crippen molar-refractivity contribution in [2.75, 3.05) is 14.2 Å². The van der Waals surface area contributed by atoms with Crippen molar-refractivity contribution >= 4 is 5.91 Å². The Morgan fingerprint density at radius 1 is 1.36 bits per heavy atom. The molecule has 0 saturated heterocycles. The number of methoxy groups -OCH3 is 1. The van der Waals surface area contributed by atoms with Crippen LogP contribution in [0.25, 0.3) is 0 Å². The zero-order valence-corrected chi connectivity index (χ0v) is 8.46. The molecule has 0 heterocycles. The van der Waals surface area contributed by atoms with E-state index in [4.69, 9.17) is 4.74 Å². The minimum Gasteiger partial charge on any atom is -0.496 e. The lowest BCUT2D eigenvalue weighted by molar-refractivity contribution is 0.0535. The molecule has 0 spiro atoms. The van der Waals surface area contributed by atoms with Crippen LogP contribution in [0.3, 0.4) is 0 Å². The highest BCUT2D eigenvalue weighted by Crippen LogP contribution is 2.19. The number of hydroxylamine groups is 1. The van der Waals surface area contributed by atoms with E-state index >= 15 is 0 Å². The number of benzene rings is 1. The van der Waals surface area contributed by atoms with Gasteiger partial charge in [-0.05, 0) is 24.6 Å². The Morgan fingerprint density at radius 2 is 2.07 bits per heavy atom. The zero-order chi connectivity index (χ0) is 10.6. The van der Waals surface area contributed by atoms with Crippen LogP contribution in [0.15, 0.2) is 18.2 Å². The van der Waals surface area contributed by atoms with E-state index in [0.29, 0.717) is 11.3 Å². The summed E-state index contributed by atoms with van der Waals surface area (Å²) in [6.07, 6.45) is 0. The molecule has 0 fully saturated rings. The van der Waals surface area contributed by atoms with Gasteiger partial charge in [0.1, 0.15) is 5.75 Å². The minimum absolute atomic E-state index is 0.315. The molecule has 1 aromatic carbocycles. The first-order valence-corrected chi connectivity index (χ1v) is 4.17. The molecular weight excluding hydrogens is 182 g/mol. The molecule has 0 saturated carbocycles. The third kappa shape index (κ3) is 2.23. The van der Waals surface area contributed by atoms with E-state index in [0.717, 1.165) is 5.56 Å². The average Bonchev–Trinajstić information content (AvgIpc) is 2.17. The van der Waals surface area contributed by atoms with Crippen molar-refractivity contribution in [2.45, 2.75) is 6.92 Å². The summed E-state index contributed by atoms with van der Waals surface area (Å²) in [5, 5.41) is 0. The molecule has 0 radical (unpaired) electrons. The molecule has 0 aromatic heterocycles. The molecule has 1 amide bonds. The number of amides is 1. The van der Waals surface area contributed by atoms with Gasteiger partial charge in [0.05, 0.1) is 19.8 Å². The number of rotatable bonds is 3. The van der Waals surface area contributed by atoms with E-state index < -0.39 is 0 Å². The summed E-state index contributed by atoms with van der Waals surface area (Å²) in [5.74, 6) is 0.226. The normalized spacial score (nSPS) is 9.64. The number of hydrogen-bond donors (Lipinski definition) is 1. The molecule has 1 rings (SSSR count). The van der Waals surface area contributed by atoms with Crippen molar-refractivity contribution in [1.82, 2.24) is 5.48 Å². The van der Waals surface area contributed by atoms with Gasteiger partial charge in [-0.2, -0.15) is 0 Å². The molecule has 0 bridgehead atoms. The molecular formula is C10H13NO3. The molecule has 1 N–H and O–H groups in total. The van der Waals surface area contributed by atoms with Gasteiger partial charge in [0, 0.05) is 0 Å². The fraction of sp³-hybridized carbons (Fsp3) is 0.300. The van der Waals surface area contributed by atoms with Gasteiger partial charge in [-0.15, -0.1) is 0 Å². The van der Waals surface area contributed by atoms with Crippen LogP contribution in [0.2, 0.25) is 0 Å². The smallest absolute Gasteiger partial charge is 0.278 e. The second-order valence-electron chi connectivity index (χ2n) is 2.84. The second-order valence-corrected chi connectivity index (χ2v) is 2.84. The topological polar surface area (TPSA) is 47.6 Å². The highest BCUT2D eigenvalue weighted by Gasteiger charge is 2.11. The largest absolute Gasteiger partial charge is 0.496 e. The summed E-state index contributed by atoms with van der Waals surface area (Å²) >= 11 is 0. The summed E-state index contributed by atoms with van der Waals surface area (Å²) in [6.45, 7) is 1.93. The lowest BCUT2D eigenvalue weighted by Gasteiger charge is -2.08. The summed E-state index contributed by atoms with van der Waals surface area (Å²) in [7, 11) is 2.91. The van der Waals surface area contributed by atoms with E-state index in [2.05, 4.69) is 10.3 Å². The first-order valence-electron chi connectivity index (χ1n) is 4.17. The van der Waals surface area contributed by atoms with Gasteiger partial charge in [0.2, 0.25) is 0 Å². The van der Waals surface area contributed by atoms with Crippen molar-refractivity contribution in [3.8, 4) is 5.75 Å². The third-order valence-corrected chi connectivity index (χ3v) is 1.80. The van der Waals surface area contributed by atoms with Gasteiger partial charge < -0.3 is 4.74 Å². The zero-order valence-electron chi connectivity index (χ0n) is 8.46. The number of carbonyl (C=O) groups is 1. The fourth-order valence-corrected chi connectivity index (χ4v) is 1.13. The van der Waals surface area contributed by atoms with Gasteiger partial charge in [-0.1, -0.05) is 6.07 Å². The molecule has 0 atom stereocenters. The first-order chi connectivity index (χ1) is 6.69. The van der Waals surface area contributed by atoms with E-state index in [1.54, 1.807) is 12.1 Å². The van der Waals surface area contributed by atoms with Crippen LogP contribution in [-0.2, 0) is 4.84 Å². The Hall–Kier alpha value is -1.55. The van der Waals surface area contributed by atoms with Crippen LogP contribution in [0.1, 0.15) is 15.9 Å². The molecule has 0 aliphatic carbocycles. The van der Waals surface area contributed by atoms with E-state index in [1.807, 2.05) is 13.0 Å². The van der Waals surface area contributed by atoms with E-state index in [9.17, 15) is 4.79 Å². The predicted octanol–water partition coefficient (Wildman–Crippen LogP) is 1.29. The van der Waals surface area contributed by atoms with Crippen LogP contribution in [-0.4, -0.2) is 20.1 Å². The predicted molar refractivity (Wildman–Crippen MR) is 52.2 cm³/mol. The SMILES string of the molecule is CONC(=O)c1ccc(C)cc1OC. The number of ether oxygens (including phenoxy) is 1. The molecule has 0 unspecified atom stereocenters. The van der Waals surface area contributed by atoms with Crippen molar-refractivity contribution < 1.29 is 14.4 Å². The van der Waals surface area contributed by atoms with Gasteiger partial charge in [-0.25, -0.2) is 5.48 Å². The van der Waals surface area contributed by atoms with Crippen LogP contribution in [0, 0.1) is 6.92 Å². The highest BCUT2D eigenvalue weighted by atomic mass is 16.6. The molecule has 0 aliphatic rings. The Balaban J connectivity index is 3.01. The number of aryl methyl sites for hydroxylation is 1. The van der Waals surface area contributed by atoms with E-state index in [-0.39, 0.29) is 5.91 Å². The molecule has 0 aliphatic heterocycles. The monoisotopic (exact) mass is 195 g/mol. The van der Waals surface area contributed by atoms with Crippen molar-refractivity contribution in [2.24, 2.45) is 0 Å². The van der Waals surface area contributed by atoms with Crippen molar-refractivity contribution in [3.63, 3.8) is 0 Å². The standard InChI is InChI=1S/C10H13NO3/c1-7-4-5-8(9(6-7)13-2)10(12)11-14-3/h4-6H,1-3H3,(H,11,12). The minimum atomic E-state index is -0.315. The Morgan fingerprint density at radius 3 is 2.64 bits per heavy atom. The molecule has 4 heteroatoms. The maximum absolute atomic E-state index is 11.4. The lowest BCUT2D eigenvalue weighted by atomic mass is 10.1. The quantitative estimate of drug-likeness (QED) is 0.739. The van der Waals surface area contributed by atoms with Crippen molar-refractivity contribution in [3.05, 3.63) is 29.3 Å². The van der Waals surface area contributed by atoms with Gasteiger partial charge in [-0.3, -0.25) is 9.63 Å². The summed E-state index contributed by atoms with van der Waals surface area (Å²) < 4.78 is 5.08. The average molecular weight is 195 g/mol. The summed E-state index contributed by atoms with van der Waals surface area (Å²) in [4.78, 5) is 16.0. The molecule has 76 valence electrons. The number of nitrogens with one attached hydrogen (secondary N) is 1. The maximum atomic E-state index is 11.4. The van der Waals surface area contributed by atoms with Gasteiger partial charge in [0.25, 0.3) is 5.91 Å². The van der Waals surface area contributed by atoms with Crippen molar-refractivity contribution in [1.29, 1.82) is 0 Å². The summed E-state index contributed by atoms with van der Waals surface area (Å²) in [6, 6.07) is 5.33. The van der Waals surface area contributed by atoms with Crippen LogP contribution < -0.4 is 10.2 Å². The Labute approximate surface area is 82.8 Å². The van der Waals surface area contributed by atoms with Gasteiger partial charge >= 0.3 is 0 Å². The number of hydrogen-bond acceptors (Lipinski definition) is 3. The van der Waals surface area contributed by atoms with Gasteiger partial charge in [0.15, 0.2) is 0 Å². The lowest BCUT2D eigenvalue weighted by Crippen LogP contribution is -2.22. The fourth-order valence-electron chi connectivity index (χ4n) is 1.13. The molecule has 1 aromatic rings. The highest BCUT2D eigenvalue weighted by molar-refractivity contribution is 5.96. The molecule has 14 heavy (non-hydrogen) atoms. The first kappa shape index (κ1) is 10.5. The third-order valence-electron chi connectivity index (χ3n) is 1.80. The van der Waals surface area contributed by atoms with Crippen LogP contribution in [0.4, 0.5) is 0 Å². The molecule has 4 nitrogen and oxygen atoms in total. The van der Waals surface area contributed by atoms with Crippen LogP contribution >= 0.6 is 0 Å².